The number of nitrogens with zero attached hydrogens (tertiary/aromatic N) is 2. The molecule has 3 rings (SSSR count). The summed E-state index contributed by atoms with van der Waals surface area (Å²) in [4.78, 5) is 40.6. The number of Topliss-reactive ketones (excluding diaryl/α,β-unsaturated/α-hetero) is 1. The second-order valence-electron chi connectivity index (χ2n) is 12.2. The molecule has 2 N–H and O–H groups in total. The quantitative estimate of drug-likeness (QED) is 0.443. The first kappa shape index (κ1) is 32.1. The molecule has 1 aromatic rings. The smallest absolute Gasteiger partial charge is 0.410 e. The summed E-state index contributed by atoms with van der Waals surface area (Å²) >= 11 is 0. The molecule has 0 saturated carbocycles. The summed E-state index contributed by atoms with van der Waals surface area (Å²) in [5.74, 6) is -0.946. The van der Waals surface area contributed by atoms with E-state index in [4.69, 9.17) is 10.5 Å². The first-order valence-electron chi connectivity index (χ1n) is 14.6. The van der Waals surface area contributed by atoms with Crippen molar-refractivity contribution in [3.05, 3.63) is 35.4 Å². The predicted octanol–water partition coefficient (Wildman–Crippen LogP) is 4.24. The van der Waals surface area contributed by atoms with Crippen LogP contribution in [0.4, 0.5) is 4.79 Å². The molecule has 40 heavy (non-hydrogen) atoms. The molecule has 2 aliphatic heterocycles. The first-order chi connectivity index (χ1) is 18.8. The number of sulfonamides is 1. The van der Waals surface area contributed by atoms with E-state index < -0.39 is 39.6 Å². The Kier molecular flexibility index (Phi) is 10.8. The Morgan fingerprint density at radius 1 is 1.02 bits per heavy atom. The summed E-state index contributed by atoms with van der Waals surface area (Å²) in [6, 6.07) is 7.37. The zero-order chi connectivity index (χ0) is 29.7. The van der Waals surface area contributed by atoms with Crippen molar-refractivity contribution < 1.29 is 27.5 Å². The maximum absolute atomic E-state index is 13.6. The van der Waals surface area contributed by atoms with Gasteiger partial charge in [0.05, 0.1) is 11.8 Å². The molecule has 0 bridgehead atoms. The number of likely N-dealkylation sites (tertiary alicyclic amines) is 1. The van der Waals surface area contributed by atoms with Crippen LogP contribution in [0.3, 0.4) is 0 Å². The fourth-order valence-electron chi connectivity index (χ4n) is 5.96. The second kappa shape index (κ2) is 13.5. The molecule has 0 radical (unpaired) electrons. The van der Waals surface area contributed by atoms with Crippen molar-refractivity contribution in [2.24, 2.45) is 17.6 Å². The van der Waals surface area contributed by atoms with E-state index in [9.17, 15) is 22.8 Å². The van der Waals surface area contributed by atoms with Crippen molar-refractivity contribution in [1.82, 2.24) is 9.21 Å². The van der Waals surface area contributed by atoms with E-state index in [0.29, 0.717) is 26.1 Å². The van der Waals surface area contributed by atoms with E-state index in [-0.39, 0.29) is 29.8 Å². The van der Waals surface area contributed by atoms with Crippen molar-refractivity contribution in [2.75, 3.05) is 25.4 Å². The minimum Gasteiger partial charge on any atom is -0.444 e. The van der Waals surface area contributed by atoms with Crippen LogP contribution in [0.5, 0.6) is 0 Å². The number of piperidine rings is 2. The molecule has 0 unspecified atom stereocenters. The van der Waals surface area contributed by atoms with E-state index >= 15 is 0 Å². The van der Waals surface area contributed by atoms with Gasteiger partial charge in [0.2, 0.25) is 15.9 Å². The maximum Gasteiger partial charge on any atom is 0.410 e. The number of rotatable bonds is 10. The number of ether oxygens (including phenoxy) is 1. The lowest BCUT2D eigenvalue weighted by atomic mass is 9.81. The summed E-state index contributed by atoms with van der Waals surface area (Å²) in [5.41, 5.74) is 7.14. The van der Waals surface area contributed by atoms with Gasteiger partial charge in [0, 0.05) is 32.0 Å². The molecular weight excluding hydrogens is 530 g/mol. The van der Waals surface area contributed by atoms with E-state index in [1.165, 1.54) is 0 Å². The maximum atomic E-state index is 13.6. The molecule has 2 aliphatic rings. The van der Waals surface area contributed by atoms with Gasteiger partial charge in [-0.1, -0.05) is 37.6 Å². The Bertz CT molecular complexity index is 1140. The Morgan fingerprint density at radius 2 is 1.65 bits per heavy atom. The molecule has 0 aromatic heterocycles. The van der Waals surface area contributed by atoms with Gasteiger partial charge in [-0.3, -0.25) is 14.5 Å². The highest BCUT2D eigenvalue weighted by Gasteiger charge is 2.41. The number of nitrogens with two attached hydrogens (primary N) is 1. The fraction of sp³-hybridized carbons (Fsp3) is 0.700. The highest BCUT2D eigenvalue weighted by Crippen LogP contribution is 2.32. The lowest BCUT2D eigenvalue weighted by Crippen LogP contribution is -2.54. The third-order valence-corrected chi connectivity index (χ3v) is 10.1. The van der Waals surface area contributed by atoms with Crippen LogP contribution in [0.15, 0.2) is 24.3 Å². The summed E-state index contributed by atoms with van der Waals surface area (Å²) in [6.45, 7) is 10.6. The lowest BCUT2D eigenvalue weighted by molar-refractivity contribution is -0.132. The molecule has 2 fully saturated rings. The Labute approximate surface area is 239 Å². The van der Waals surface area contributed by atoms with Gasteiger partial charge >= 0.3 is 6.09 Å². The van der Waals surface area contributed by atoms with Gasteiger partial charge < -0.3 is 10.5 Å². The van der Waals surface area contributed by atoms with Gasteiger partial charge in [-0.15, -0.1) is 0 Å². The van der Waals surface area contributed by atoms with Gasteiger partial charge in [-0.25, -0.2) is 17.5 Å². The average molecular weight is 578 g/mol. The fourth-order valence-corrected chi connectivity index (χ4v) is 7.09. The van der Waals surface area contributed by atoms with Gasteiger partial charge in [0.1, 0.15) is 5.60 Å². The molecular formula is C30H47N3O6S. The number of hydrogen-bond acceptors (Lipinski definition) is 6. The first-order valence-corrected chi connectivity index (χ1v) is 16.2. The molecule has 2 amide bonds. The Morgan fingerprint density at radius 3 is 2.17 bits per heavy atom. The van der Waals surface area contributed by atoms with Crippen molar-refractivity contribution in [3.63, 3.8) is 0 Å². The molecule has 2 heterocycles. The molecule has 1 aromatic carbocycles. The molecule has 10 heteroatoms. The monoisotopic (exact) mass is 577 g/mol. The van der Waals surface area contributed by atoms with Crippen LogP contribution in [-0.4, -0.2) is 72.4 Å². The lowest BCUT2D eigenvalue weighted by Gasteiger charge is -2.41. The van der Waals surface area contributed by atoms with Crippen molar-refractivity contribution in [1.29, 1.82) is 0 Å². The average Bonchev–Trinajstić information content (AvgIpc) is 2.91. The number of ketones is 1. The zero-order valence-corrected chi connectivity index (χ0v) is 25.5. The molecule has 0 aliphatic carbocycles. The molecule has 9 nitrogen and oxygen atoms in total. The van der Waals surface area contributed by atoms with E-state index in [0.717, 1.165) is 43.2 Å². The number of carbonyl (C=O) groups excluding carboxylic acids is 3. The minimum atomic E-state index is -3.16. The van der Waals surface area contributed by atoms with Gasteiger partial charge in [-0.2, -0.15) is 0 Å². The molecule has 0 spiro atoms. The number of primary amides is 1. The van der Waals surface area contributed by atoms with Crippen molar-refractivity contribution in [2.45, 2.75) is 97.1 Å². The van der Waals surface area contributed by atoms with Crippen LogP contribution >= 0.6 is 0 Å². The number of carbonyl (C=O) groups is 3. The van der Waals surface area contributed by atoms with Crippen molar-refractivity contribution in [3.8, 4) is 0 Å². The Hall–Kier alpha value is -2.46. The summed E-state index contributed by atoms with van der Waals surface area (Å²) in [5, 5.41) is 0. The highest BCUT2D eigenvalue weighted by atomic mass is 32.2. The standard InChI is InChI=1S/C30H47N3O6S/c1-6-22-9-8-16-33(29(36)39-30(3,4)5)27(22)26(34)20-25(28(31)35)19-21-10-12-23(13-11-21)24-14-17-32(18-15-24)40(37,38)7-2/h10-13,22,24-25,27H,6-9,14-20H2,1-5H3,(H2,31,35)/t22-,25-,27+/m1/s1. The van der Waals surface area contributed by atoms with Gasteiger partial charge in [0.25, 0.3) is 0 Å². The van der Waals surface area contributed by atoms with Crippen LogP contribution in [0, 0.1) is 11.8 Å². The van der Waals surface area contributed by atoms with Crippen LogP contribution in [0.2, 0.25) is 0 Å². The van der Waals surface area contributed by atoms with Gasteiger partial charge in [-0.05, 0) is 82.8 Å². The van der Waals surface area contributed by atoms with Crippen LogP contribution < -0.4 is 5.73 Å². The Balaban J connectivity index is 1.67. The van der Waals surface area contributed by atoms with Crippen LogP contribution in [0.25, 0.3) is 0 Å². The van der Waals surface area contributed by atoms with E-state index in [1.54, 1.807) is 36.9 Å². The molecule has 3 atom stereocenters. The van der Waals surface area contributed by atoms with Crippen LogP contribution in [-0.2, 0) is 30.8 Å². The summed E-state index contributed by atoms with van der Waals surface area (Å²) < 4.78 is 31.5. The second-order valence-corrected chi connectivity index (χ2v) is 14.5. The number of amides is 2. The van der Waals surface area contributed by atoms with Crippen molar-refractivity contribution >= 4 is 27.8 Å². The number of benzene rings is 1. The SMILES string of the molecule is CC[C@@H]1CCCN(C(=O)OC(C)(C)C)[C@@H]1C(=O)C[C@@H](Cc1ccc(C2CCN(S(=O)(=O)CC)CC2)cc1)C(N)=O. The summed E-state index contributed by atoms with van der Waals surface area (Å²) in [6.07, 6.45) is 3.76. The van der Waals surface area contributed by atoms with Gasteiger partial charge in [0.15, 0.2) is 5.78 Å². The largest absolute Gasteiger partial charge is 0.444 e. The topological polar surface area (TPSA) is 127 Å². The molecule has 224 valence electrons. The summed E-state index contributed by atoms with van der Waals surface area (Å²) in [7, 11) is -3.16. The zero-order valence-electron chi connectivity index (χ0n) is 24.7. The van der Waals surface area contributed by atoms with E-state index in [1.807, 2.05) is 31.2 Å². The highest BCUT2D eigenvalue weighted by molar-refractivity contribution is 7.89. The molecule has 2 saturated heterocycles. The van der Waals surface area contributed by atoms with E-state index in [2.05, 4.69) is 0 Å². The normalized spacial score (nSPS) is 22.1. The predicted molar refractivity (Wildman–Crippen MR) is 155 cm³/mol. The third-order valence-electron chi connectivity index (χ3n) is 8.23. The third kappa shape index (κ3) is 8.28. The number of hydrogen-bond donors (Lipinski definition) is 1. The minimum absolute atomic E-state index is 0.0142. The van der Waals surface area contributed by atoms with Crippen LogP contribution in [0.1, 0.15) is 90.2 Å².